The number of carbonyl (C=O) groups is 2. The normalized spacial score (nSPS) is 20.7. The van der Waals surface area contributed by atoms with E-state index in [1.165, 1.54) is 36.3 Å². The van der Waals surface area contributed by atoms with Crippen molar-refractivity contribution in [3.63, 3.8) is 0 Å². The smallest absolute Gasteiger partial charge is 0.303 e. The number of nitrogens with one attached hydrogen (secondary N) is 1. The zero-order valence-electron chi connectivity index (χ0n) is 20.3. The lowest BCUT2D eigenvalue weighted by atomic mass is 9.68. The Balaban J connectivity index is 0.000000371. The lowest BCUT2D eigenvalue weighted by Crippen LogP contribution is -2.47. The van der Waals surface area contributed by atoms with Crippen molar-refractivity contribution in [2.45, 2.75) is 75.3 Å². The molecule has 0 amide bonds. The number of aromatic nitrogens is 1. The van der Waals surface area contributed by atoms with Gasteiger partial charge in [-0.3, -0.25) is 14.6 Å². The summed E-state index contributed by atoms with van der Waals surface area (Å²) in [5, 5.41) is 21.5. The van der Waals surface area contributed by atoms with Gasteiger partial charge in [0.25, 0.3) is 0 Å². The number of pyridine rings is 1. The van der Waals surface area contributed by atoms with E-state index in [0.29, 0.717) is 0 Å². The highest BCUT2D eigenvalue weighted by Gasteiger charge is 2.48. The highest BCUT2D eigenvalue weighted by atomic mass is 32.1. The van der Waals surface area contributed by atoms with Gasteiger partial charge in [-0.15, -0.1) is 11.3 Å². The number of hydrogen-bond donors (Lipinski definition) is 3. The standard InChI is InChI=1S/C22H30N2O2S.C4H6O4/c1-25-18-7-15-27-19(18)16-23-13-10-21(20-6-2-5-12-24-20)11-14-26-22(17-21)8-3-4-9-22;5-3(6)1-2-4(7)8/h2,5-7,12,15,23H,3-4,8-11,13-14,16-17H2,1H3;1-2H2,(H,5,6)(H,7,8)/t21-;/m1./s1. The maximum Gasteiger partial charge on any atom is 0.303 e. The fraction of sp³-hybridized carbons (Fsp3) is 0.577. The van der Waals surface area contributed by atoms with E-state index in [9.17, 15) is 9.59 Å². The first-order valence-electron chi connectivity index (χ1n) is 12.2. The molecule has 0 bridgehead atoms. The number of ether oxygens (including phenoxy) is 2. The summed E-state index contributed by atoms with van der Waals surface area (Å²) in [6.45, 7) is 2.70. The molecule has 3 N–H and O–H groups in total. The Kier molecular flexibility index (Phi) is 10.1. The van der Waals surface area contributed by atoms with Crippen LogP contribution in [-0.2, 0) is 26.3 Å². The van der Waals surface area contributed by atoms with Crippen LogP contribution in [0.3, 0.4) is 0 Å². The molecule has 1 saturated heterocycles. The van der Waals surface area contributed by atoms with E-state index < -0.39 is 11.9 Å². The first kappa shape index (κ1) is 27.1. The van der Waals surface area contributed by atoms with Gasteiger partial charge in [0, 0.05) is 30.5 Å². The fourth-order valence-electron chi connectivity index (χ4n) is 5.18. The molecule has 1 saturated carbocycles. The van der Waals surface area contributed by atoms with Gasteiger partial charge < -0.3 is 25.0 Å². The van der Waals surface area contributed by atoms with Gasteiger partial charge in [-0.1, -0.05) is 18.9 Å². The van der Waals surface area contributed by atoms with Crippen LogP contribution in [0.25, 0.3) is 0 Å². The number of hydrogen-bond acceptors (Lipinski definition) is 7. The molecule has 1 spiro atoms. The van der Waals surface area contributed by atoms with Crippen molar-refractivity contribution >= 4 is 23.3 Å². The van der Waals surface area contributed by atoms with Gasteiger partial charge in [0.15, 0.2) is 0 Å². The third kappa shape index (κ3) is 7.75. The van der Waals surface area contributed by atoms with Crippen LogP contribution in [0.1, 0.15) is 68.4 Å². The van der Waals surface area contributed by atoms with E-state index in [4.69, 9.17) is 24.7 Å². The molecule has 0 aromatic carbocycles. The van der Waals surface area contributed by atoms with Crippen molar-refractivity contribution in [2.24, 2.45) is 0 Å². The van der Waals surface area contributed by atoms with Crippen molar-refractivity contribution in [1.82, 2.24) is 10.3 Å². The van der Waals surface area contributed by atoms with E-state index in [0.717, 1.165) is 44.7 Å². The Labute approximate surface area is 210 Å². The molecule has 192 valence electrons. The summed E-state index contributed by atoms with van der Waals surface area (Å²) in [4.78, 5) is 25.3. The monoisotopic (exact) mass is 504 g/mol. The van der Waals surface area contributed by atoms with Crippen molar-refractivity contribution in [3.8, 4) is 5.75 Å². The summed E-state index contributed by atoms with van der Waals surface area (Å²) in [7, 11) is 1.74. The molecule has 8 nitrogen and oxygen atoms in total. The Hall–Kier alpha value is -2.49. The van der Waals surface area contributed by atoms with Crippen LogP contribution in [0, 0.1) is 0 Å². The minimum Gasteiger partial charge on any atom is -0.496 e. The molecule has 1 atom stereocenters. The zero-order chi connectivity index (χ0) is 25.2. The van der Waals surface area contributed by atoms with E-state index >= 15 is 0 Å². The van der Waals surface area contributed by atoms with Crippen LogP contribution in [0.4, 0.5) is 0 Å². The third-order valence-electron chi connectivity index (χ3n) is 6.92. The molecule has 9 heteroatoms. The second-order valence-corrected chi connectivity index (χ2v) is 10.3. The quantitative estimate of drug-likeness (QED) is 0.401. The lowest BCUT2D eigenvalue weighted by molar-refractivity contribution is -0.143. The maximum absolute atomic E-state index is 9.64. The average Bonchev–Trinajstić information content (AvgIpc) is 3.51. The second-order valence-electron chi connectivity index (χ2n) is 9.29. The first-order chi connectivity index (χ1) is 16.9. The van der Waals surface area contributed by atoms with Crippen LogP contribution < -0.4 is 10.1 Å². The molecule has 3 heterocycles. The predicted molar refractivity (Wildman–Crippen MR) is 134 cm³/mol. The van der Waals surface area contributed by atoms with Gasteiger partial charge in [0.2, 0.25) is 0 Å². The molecule has 1 aliphatic heterocycles. The van der Waals surface area contributed by atoms with Gasteiger partial charge in [-0.2, -0.15) is 0 Å². The predicted octanol–water partition coefficient (Wildman–Crippen LogP) is 4.63. The van der Waals surface area contributed by atoms with E-state index in [-0.39, 0.29) is 23.9 Å². The Morgan fingerprint density at radius 1 is 1.14 bits per heavy atom. The van der Waals surface area contributed by atoms with Crippen molar-refractivity contribution in [2.75, 3.05) is 20.3 Å². The lowest BCUT2D eigenvalue weighted by Gasteiger charge is -2.46. The number of carboxylic acid groups (broad SMARTS) is 2. The van der Waals surface area contributed by atoms with Gasteiger partial charge in [-0.25, -0.2) is 0 Å². The number of thiophene rings is 1. The molecule has 2 aromatic heterocycles. The van der Waals surface area contributed by atoms with Crippen LogP contribution in [-0.4, -0.2) is 53.0 Å². The summed E-state index contributed by atoms with van der Waals surface area (Å²) >= 11 is 1.75. The van der Waals surface area contributed by atoms with Crippen molar-refractivity contribution < 1.29 is 29.3 Å². The number of nitrogens with zero attached hydrogens (tertiary/aromatic N) is 1. The summed E-state index contributed by atoms with van der Waals surface area (Å²) in [6, 6.07) is 8.41. The van der Waals surface area contributed by atoms with E-state index in [1.807, 2.05) is 18.3 Å². The minimum atomic E-state index is -1.08. The van der Waals surface area contributed by atoms with Crippen molar-refractivity contribution in [3.05, 3.63) is 46.4 Å². The molecule has 0 radical (unpaired) electrons. The van der Waals surface area contributed by atoms with Crippen LogP contribution in [0.5, 0.6) is 5.75 Å². The summed E-state index contributed by atoms with van der Waals surface area (Å²) < 4.78 is 11.8. The number of carboxylic acids is 2. The van der Waals surface area contributed by atoms with Crippen LogP contribution in [0.15, 0.2) is 35.8 Å². The largest absolute Gasteiger partial charge is 0.496 e. The number of rotatable bonds is 10. The molecule has 4 rings (SSSR count). The molecule has 0 unspecified atom stereocenters. The molecule has 35 heavy (non-hydrogen) atoms. The fourth-order valence-corrected chi connectivity index (χ4v) is 5.99. The molecular formula is C26H36N2O6S. The van der Waals surface area contributed by atoms with Crippen LogP contribution in [0.2, 0.25) is 0 Å². The molecule has 2 aromatic rings. The summed E-state index contributed by atoms with van der Waals surface area (Å²) in [5.41, 5.74) is 1.46. The molecule has 2 aliphatic rings. The van der Waals surface area contributed by atoms with E-state index in [1.54, 1.807) is 18.4 Å². The molecule has 1 aliphatic carbocycles. The van der Waals surface area contributed by atoms with Crippen molar-refractivity contribution in [1.29, 1.82) is 0 Å². The highest BCUT2D eigenvalue weighted by molar-refractivity contribution is 7.10. The zero-order valence-corrected chi connectivity index (χ0v) is 21.1. The Bertz CT molecular complexity index is 930. The maximum atomic E-state index is 9.64. The van der Waals surface area contributed by atoms with Gasteiger partial charge >= 0.3 is 11.9 Å². The summed E-state index contributed by atoms with van der Waals surface area (Å²) in [6.07, 6.45) is 9.65. The average molecular weight is 505 g/mol. The molecular weight excluding hydrogens is 468 g/mol. The molecule has 2 fully saturated rings. The van der Waals surface area contributed by atoms with E-state index in [2.05, 4.69) is 22.8 Å². The van der Waals surface area contributed by atoms with Gasteiger partial charge in [-0.05, 0) is 62.2 Å². The summed E-state index contributed by atoms with van der Waals surface area (Å²) in [5.74, 6) is -1.16. The highest BCUT2D eigenvalue weighted by Crippen LogP contribution is 2.49. The topological polar surface area (TPSA) is 118 Å². The SMILES string of the molecule is COc1ccsc1CNCC[C@@]1(c2ccccn2)CCOC2(CCCC2)C1.O=C(O)CCC(=O)O. The number of methoxy groups -OCH3 is 1. The Morgan fingerprint density at radius 2 is 1.89 bits per heavy atom. The minimum absolute atomic E-state index is 0.0900. The van der Waals surface area contributed by atoms with Gasteiger partial charge in [0.05, 0.1) is 30.4 Å². The third-order valence-corrected chi connectivity index (χ3v) is 7.82. The number of aliphatic carboxylic acids is 2. The van der Waals surface area contributed by atoms with Crippen LogP contribution >= 0.6 is 11.3 Å². The van der Waals surface area contributed by atoms with Gasteiger partial charge in [0.1, 0.15) is 5.75 Å². The second kappa shape index (κ2) is 13.0. The first-order valence-corrected chi connectivity index (χ1v) is 13.1. The Morgan fingerprint density at radius 3 is 2.51 bits per heavy atom.